The van der Waals surface area contributed by atoms with Gasteiger partial charge in [0.1, 0.15) is 6.04 Å². The molecule has 2 atom stereocenters. The van der Waals surface area contributed by atoms with Gasteiger partial charge >= 0.3 is 6.03 Å². The average Bonchev–Trinajstić information content (AvgIpc) is 2.36. The predicted molar refractivity (Wildman–Crippen MR) is 57.4 cm³/mol. The maximum atomic E-state index is 11.7. The first-order valence-electron chi connectivity index (χ1n) is 5.21. The van der Waals surface area contributed by atoms with E-state index in [-0.39, 0.29) is 18.0 Å². The molecule has 1 fully saturated rings. The third kappa shape index (κ3) is 2.28. The number of urea groups is 1. The summed E-state index contributed by atoms with van der Waals surface area (Å²) < 4.78 is 0. The van der Waals surface area contributed by atoms with Crippen molar-refractivity contribution in [3.05, 3.63) is 0 Å². The lowest BCUT2D eigenvalue weighted by Crippen LogP contribution is -2.38. The maximum absolute atomic E-state index is 11.7. The van der Waals surface area contributed by atoms with Crippen LogP contribution in [0.2, 0.25) is 0 Å². The number of carbonyl (C=O) groups excluding carboxylic acids is 2. The van der Waals surface area contributed by atoms with E-state index in [0.29, 0.717) is 12.5 Å². The third-order valence-corrected chi connectivity index (χ3v) is 2.75. The summed E-state index contributed by atoms with van der Waals surface area (Å²) in [5.41, 5.74) is 0. The van der Waals surface area contributed by atoms with Gasteiger partial charge in [-0.2, -0.15) is 0 Å². The topological polar surface area (TPSA) is 52.7 Å². The number of carbonyl (C=O) groups is 2. The Morgan fingerprint density at radius 1 is 1.47 bits per heavy atom. The Hall–Kier alpha value is -1.10. The zero-order chi connectivity index (χ0) is 11.6. The molecule has 5 nitrogen and oxygen atoms in total. The average molecular weight is 213 g/mol. The third-order valence-electron chi connectivity index (χ3n) is 2.75. The smallest absolute Gasteiger partial charge is 0.319 e. The second kappa shape index (κ2) is 4.61. The Morgan fingerprint density at radius 3 is 2.47 bits per heavy atom. The molecule has 0 bridgehead atoms. The molecule has 5 heteroatoms. The Balaban J connectivity index is 2.62. The van der Waals surface area contributed by atoms with Crippen molar-refractivity contribution >= 4 is 11.9 Å². The van der Waals surface area contributed by atoms with Crippen LogP contribution in [0.5, 0.6) is 0 Å². The van der Waals surface area contributed by atoms with Gasteiger partial charge in [0.05, 0.1) is 0 Å². The van der Waals surface area contributed by atoms with Gasteiger partial charge in [-0.3, -0.25) is 9.69 Å². The Morgan fingerprint density at radius 2 is 2.07 bits per heavy atom. The first kappa shape index (κ1) is 12.0. The van der Waals surface area contributed by atoms with Crippen molar-refractivity contribution in [3.63, 3.8) is 0 Å². The standard InChI is InChI=1S/C10H19N3O2/c1-7(5-11-3)6-13-8(2)9(14)12(4)10(13)15/h7-8,11H,5-6H2,1-4H3. The van der Waals surface area contributed by atoms with Gasteiger partial charge in [-0.15, -0.1) is 0 Å². The van der Waals surface area contributed by atoms with Crippen molar-refractivity contribution in [1.82, 2.24) is 15.1 Å². The molecule has 15 heavy (non-hydrogen) atoms. The van der Waals surface area contributed by atoms with Crippen LogP contribution in [0.25, 0.3) is 0 Å². The highest BCUT2D eigenvalue weighted by Crippen LogP contribution is 2.16. The van der Waals surface area contributed by atoms with Crippen LogP contribution in [0.4, 0.5) is 4.79 Å². The highest BCUT2D eigenvalue weighted by molar-refractivity contribution is 6.03. The van der Waals surface area contributed by atoms with Crippen LogP contribution in [0, 0.1) is 5.92 Å². The largest absolute Gasteiger partial charge is 0.327 e. The molecule has 1 aliphatic rings. The summed E-state index contributed by atoms with van der Waals surface area (Å²) in [5.74, 6) is 0.234. The molecule has 1 aliphatic heterocycles. The number of nitrogens with zero attached hydrogens (tertiary/aromatic N) is 2. The summed E-state index contributed by atoms with van der Waals surface area (Å²) >= 11 is 0. The van der Waals surface area contributed by atoms with E-state index in [1.54, 1.807) is 11.8 Å². The lowest BCUT2D eigenvalue weighted by atomic mass is 10.1. The van der Waals surface area contributed by atoms with Crippen molar-refractivity contribution < 1.29 is 9.59 Å². The molecular formula is C10H19N3O2. The number of likely N-dealkylation sites (N-methyl/N-ethyl adjacent to an activating group) is 1. The van der Waals surface area contributed by atoms with E-state index in [1.165, 1.54) is 11.9 Å². The van der Waals surface area contributed by atoms with Crippen molar-refractivity contribution in [1.29, 1.82) is 0 Å². The van der Waals surface area contributed by atoms with Gasteiger partial charge in [0.25, 0.3) is 5.91 Å². The van der Waals surface area contributed by atoms with Crippen LogP contribution < -0.4 is 5.32 Å². The number of rotatable bonds is 4. The zero-order valence-corrected chi connectivity index (χ0v) is 9.78. The molecule has 1 rings (SSSR count). The minimum Gasteiger partial charge on any atom is -0.319 e. The Kier molecular flexibility index (Phi) is 3.68. The molecule has 0 radical (unpaired) electrons. The van der Waals surface area contributed by atoms with Crippen LogP contribution in [-0.4, -0.2) is 55.0 Å². The van der Waals surface area contributed by atoms with E-state index in [1.807, 2.05) is 7.05 Å². The molecule has 0 saturated carbocycles. The number of imide groups is 1. The molecule has 3 amide bonds. The van der Waals surface area contributed by atoms with Crippen LogP contribution in [0.3, 0.4) is 0 Å². The minimum atomic E-state index is -0.318. The van der Waals surface area contributed by atoms with Gasteiger partial charge in [0.15, 0.2) is 0 Å². The van der Waals surface area contributed by atoms with Crippen LogP contribution in [0.1, 0.15) is 13.8 Å². The lowest BCUT2D eigenvalue weighted by molar-refractivity contribution is -0.127. The number of hydrogen-bond donors (Lipinski definition) is 1. The predicted octanol–water partition coefficient (Wildman–Crippen LogP) is 0.124. The van der Waals surface area contributed by atoms with Gasteiger partial charge < -0.3 is 10.2 Å². The number of amides is 3. The second-order valence-electron chi connectivity index (χ2n) is 4.17. The fourth-order valence-corrected chi connectivity index (χ4v) is 1.85. The molecule has 0 aromatic rings. The second-order valence-corrected chi connectivity index (χ2v) is 4.17. The Bertz CT molecular complexity index is 267. The zero-order valence-electron chi connectivity index (χ0n) is 9.78. The van der Waals surface area contributed by atoms with E-state index < -0.39 is 0 Å². The molecular weight excluding hydrogens is 194 g/mol. The molecule has 1 saturated heterocycles. The lowest BCUT2D eigenvalue weighted by Gasteiger charge is -2.22. The summed E-state index contributed by atoms with van der Waals surface area (Å²) in [6.07, 6.45) is 0. The molecule has 1 heterocycles. The minimum absolute atomic E-state index is 0.114. The van der Waals surface area contributed by atoms with Crippen LogP contribution in [0.15, 0.2) is 0 Å². The molecule has 0 spiro atoms. The summed E-state index contributed by atoms with van der Waals surface area (Å²) in [7, 11) is 3.41. The SMILES string of the molecule is CNCC(C)CN1C(=O)N(C)C(=O)C1C. The van der Waals surface area contributed by atoms with Crippen molar-refractivity contribution in [2.45, 2.75) is 19.9 Å². The molecule has 0 aromatic carbocycles. The Labute approximate surface area is 90.4 Å². The number of nitrogens with one attached hydrogen (secondary N) is 1. The van der Waals surface area contributed by atoms with Gasteiger partial charge in [-0.05, 0) is 26.4 Å². The van der Waals surface area contributed by atoms with Gasteiger partial charge in [0, 0.05) is 13.6 Å². The first-order valence-corrected chi connectivity index (χ1v) is 5.21. The highest BCUT2D eigenvalue weighted by Gasteiger charge is 2.40. The normalized spacial score (nSPS) is 23.9. The van der Waals surface area contributed by atoms with Crippen molar-refractivity contribution in [3.8, 4) is 0 Å². The quantitative estimate of drug-likeness (QED) is 0.675. The van der Waals surface area contributed by atoms with Gasteiger partial charge in [-0.1, -0.05) is 6.92 Å². The first-order chi connectivity index (χ1) is 6.99. The monoisotopic (exact) mass is 213 g/mol. The van der Waals surface area contributed by atoms with Crippen molar-refractivity contribution in [2.24, 2.45) is 5.92 Å². The van der Waals surface area contributed by atoms with Gasteiger partial charge in [-0.25, -0.2) is 4.79 Å². The number of hydrogen-bond acceptors (Lipinski definition) is 3. The van der Waals surface area contributed by atoms with E-state index in [4.69, 9.17) is 0 Å². The van der Waals surface area contributed by atoms with Crippen LogP contribution in [-0.2, 0) is 4.79 Å². The molecule has 0 aromatic heterocycles. The van der Waals surface area contributed by atoms with E-state index >= 15 is 0 Å². The summed E-state index contributed by atoms with van der Waals surface area (Å²) in [4.78, 5) is 26.0. The molecule has 1 N–H and O–H groups in total. The molecule has 0 aliphatic carbocycles. The van der Waals surface area contributed by atoms with Crippen LogP contribution >= 0.6 is 0 Å². The van der Waals surface area contributed by atoms with E-state index in [2.05, 4.69) is 12.2 Å². The summed E-state index contributed by atoms with van der Waals surface area (Å²) in [5, 5.41) is 3.06. The fraction of sp³-hybridized carbons (Fsp3) is 0.800. The maximum Gasteiger partial charge on any atom is 0.327 e. The summed E-state index contributed by atoms with van der Waals surface area (Å²) in [6.45, 7) is 5.29. The fourth-order valence-electron chi connectivity index (χ4n) is 1.85. The molecule has 2 unspecified atom stereocenters. The van der Waals surface area contributed by atoms with E-state index in [0.717, 1.165) is 6.54 Å². The summed E-state index contributed by atoms with van der Waals surface area (Å²) in [6, 6.07) is -0.503. The highest BCUT2D eigenvalue weighted by atomic mass is 16.2. The van der Waals surface area contributed by atoms with E-state index in [9.17, 15) is 9.59 Å². The van der Waals surface area contributed by atoms with Crippen molar-refractivity contribution in [2.75, 3.05) is 27.2 Å². The molecule has 86 valence electrons. The van der Waals surface area contributed by atoms with Gasteiger partial charge in [0.2, 0.25) is 0 Å².